The Kier molecular flexibility index (Phi) is 6.19. The first-order valence-electron chi connectivity index (χ1n) is 17.0. The van der Waals surface area contributed by atoms with Gasteiger partial charge in [0.1, 0.15) is 5.58 Å². The summed E-state index contributed by atoms with van der Waals surface area (Å²) in [7, 11) is 0. The summed E-state index contributed by atoms with van der Waals surface area (Å²) in [6.45, 7) is 4.61. The van der Waals surface area contributed by atoms with E-state index in [9.17, 15) is 0 Å². The number of furan rings is 1. The number of para-hydroxylation sites is 1. The molecule has 50 heavy (non-hydrogen) atoms. The third kappa shape index (κ3) is 4.35. The van der Waals surface area contributed by atoms with E-state index in [1.807, 2.05) is 24.3 Å². The molecule has 0 atom stereocenters. The second-order valence-electron chi connectivity index (χ2n) is 13.6. The Bertz CT molecular complexity index is 2780. The highest BCUT2D eigenvalue weighted by molar-refractivity contribution is 6.20. The fraction of sp³-hybridized carbons (Fsp3) is 0.0652. The summed E-state index contributed by atoms with van der Waals surface area (Å²) in [6.07, 6.45) is 0. The highest BCUT2D eigenvalue weighted by Gasteiger charge is 2.35. The van der Waals surface area contributed by atoms with Crippen LogP contribution in [0.4, 0.5) is 0 Å². The quantitative estimate of drug-likeness (QED) is 0.192. The Hall–Kier alpha value is -6.39. The Morgan fingerprint density at radius 3 is 1.86 bits per heavy atom. The van der Waals surface area contributed by atoms with E-state index in [0.717, 1.165) is 66.5 Å². The summed E-state index contributed by atoms with van der Waals surface area (Å²) >= 11 is 0. The lowest BCUT2D eigenvalue weighted by Crippen LogP contribution is -2.15. The van der Waals surface area contributed by atoms with E-state index in [1.54, 1.807) is 0 Å². The molecule has 4 nitrogen and oxygen atoms in total. The van der Waals surface area contributed by atoms with E-state index >= 15 is 0 Å². The lowest BCUT2D eigenvalue weighted by atomic mass is 9.82. The van der Waals surface area contributed by atoms with Gasteiger partial charge in [0.2, 0.25) is 5.71 Å². The van der Waals surface area contributed by atoms with Gasteiger partial charge in [0.05, 0.1) is 22.5 Å². The van der Waals surface area contributed by atoms with Gasteiger partial charge in [0.25, 0.3) is 0 Å². The van der Waals surface area contributed by atoms with Gasteiger partial charge in [0.15, 0.2) is 5.82 Å². The van der Waals surface area contributed by atoms with Crippen LogP contribution in [-0.2, 0) is 5.41 Å². The van der Waals surface area contributed by atoms with Crippen molar-refractivity contribution in [2.24, 2.45) is 0 Å². The van der Waals surface area contributed by atoms with Gasteiger partial charge < -0.3 is 4.42 Å². The summed E-state index contributed by atoms with van der Waals surface area (Å²) in [4.78, 5) is 15.4. The summed E-state index contributed by atoms with van der Waals surface area (Å²) in [5, 5.41) is 4.36. The van der Waals surface area contributed by atoms with E-state index in [1.165, 1.54) is 22.3 Å². The van der Waals surface area contributed by atoms with Gasteiger partial charge in [-0.25, -0.2) is 15.0 Å². The maximum atomic E-state index is 6.26. The first-order chi connectivity index (χ1) is 24.5. The fourth-order valence-electron chi connectivity index (χ4n) is 7.78. The van der Waals surface area contributed by atoms with E-state index in [4.69, 9.17) is 19.4 Å². The molecule has 3 aromatic heterocycles. The first kappa shape index (κ1) is 28.6. The Labute approximate surface area is 289 Å². The molecule has 0 radical (unpaired) electrons. The third-order valence-electron chi connectivity index (χ3n) is 10.3. The van der Waals surface area contributed by atoms with E-state index in [0.29, 0.717) is 11.5 Å². The van der Waals surface area contributed by atoms with Gasteiger partial charge >= 0.3 is 0 Å². The van der Waals surface area contributed by atoms with Crippen LogP contribution in [0.1, 0.15) is 25.0 Å². The maximum absolute atomic E-state index is 6.26. The predicted octanol–water partition coefficient (Wildman–Crippen LogP) is 11.9. The van der Waals surface area contributed by atoms with Crippen molar-refractivity contribution in [1.82, 2.24) is 15.0 Å². The molecule has 6 aromatic carbocycles. The van der Waals surface area contributed by atoms with Crippen LogP contribution in [0.25, 0.3) is 89.1 Å². The molecule has 0 amide bonds. The number of aromatic nitrogens is 3. The first-order valence-corrected chi connectivity index (χ1v) is 17.0. The SMILES string of the molecule is CC1(C)c2ccccc2-c2ccc(-c3nc(-c4ccccc4)cc(-c4ccc(-c5nc6oc7ccccc7c6c6ccccc56)cc4)n3)cc21. The average molecular weight is 642 g/mol. The van der Waals surface area contributed by atoms with Crippen molar-refractivity contribution in [2.75, 3.05) is 0 Å². The van der Waals surface area contributed by atoms with Crippen LogP contribution in [-0.4, -0.2) is 15.0 Å². The minimum absolute atomic E-state index is 0.110. The number of pyridine rings is 1. The van der Waals surface area contributed by atoms with Crippen molar-refractivity contribution in [1.29, 1.82) is 0 Å². The number of nitrogens with zero attached hydrogens (tertiary/aromatic N) is 3. The number of benzene rings is 6. The average Bonchev–Trinajstić information content (AvgIpc) is 3.66. The van der Waals surface area contributed by atoms with Gasteiger partial charge in [-0.3, -0.25) is 0 Å². The minimum Gasteiger partial charge on any atom is -0.438 e. The molecule has 1 aliphatic carbocycles. The van der Waals surface area contributed by atoms with Gasteiger partial charge in [-0.1, -0.05) is 147 Å². The van der Waals surface area contributed by atoms with Gasteiger partial charge in [-0.2, -0.15) is 0 Å². The molecule has 1 aliphatic rings. The number of rotatable bonds is 4. The number of fused-ring (bicyclic) bond motifs is 8. The zero-order chi connectivity index (χ0) is 33.4. The second-order valence-corrected chi connectivity index (χ2v) is 13.6. The van der Waals surface area contributed by atoms with Gasteiger partial charge in [-0.05, 0) is 45.8 Å². The highest BCUT2D eigenvalue weighted by atomic mass is 16.3. The molecule has 3 heterocycles. The Morgan fingerprint density at radius 2 is 1.06 bits per heavy atom. The van der Waals surface area contributed by atoms with Crippen molar-refractivity contribution in [3.8, 4) is 56.3 Å². The summed E-state index contributed by atoms with van der Waals surface area (Å²) in [5.41, 5.74) is 13.4. The molecule has 0 fully saturated rings. The summed E-state index contributed by atoms with van der Waals surface area (Å²) in [6, 6.07) is 53.0. The Morgan fingerprint density at radius 1 is 0.460 bits per heavy atom. The van der Waals surface area contributed by atoms with Crippen molar-refractivity contribution in [3.63, 3.8) is 0 Å². The van der Waals surface area contributed by atoms with Crippen LogP contribution < -0.4 is 0 Å². The zero-order valence-corrected chi connectivity index (χ0v) is 27.7. The molecule has 0 spiro atoms. The van der Waals surface area contributed by atoms with Gasteiger partial charge in [0, 0.05) is 38.4 Å². The third-order valence-corrected chi connectivity index (χ3v) is 10.3. The smallest absolute Gasteiger partial charge is 0.228 e. The normalized spacial score (nSPS) is 13.2. The monoisotopic (exact) mass is 641 g/mol. The standard InChI is InChI=1S/C46H31N3O/c1-46(2)37-18-10-8-14-32(37)33-25-24-31(26-38(33)46)44-47-39(28-12-4-3-5-13-28)27-40(48-44)29-20-22-30(23-21-29)43-35-16-7-6-15-34(35)42-36-17-9-11-19-41(36)50-45(42)49-43/h3-27H,1-2H3. The van der Waals surface area contributed by atoms with Crippen LogP contribution in [0.3, 0.4) is 0 Å². The molecule has 9 aromatic rings. The molecule has 0 saturated carbocycles. The molecule has 0 aliphatic heterocycles. The van der Waals surface area contributed by atoms with Crippen molar-refractivity contribution in [2.45, 2.75) is 19.3 Å². The molecule has 0 N–H and O–H groups in total. The molecule has 236 valence electrons. The highest BCUT2D eigenvalue weighted by Crippen LogP contribution is 2.49. The van der Waals surface area contributed by atoms with Crippen molar-refractivity contribution >= 4 is 32.8 Å². The maximum Gasteiger partial charge on any atom is 0.228 e. The number of hydrogen-bond acceptors (Lipinski definition) is 4. The Balaban J connectivity index is 1.10. The lowest BCUT2D eigenvalue weighted by molar-refractivity contribution is 0.655. The summed E-state index contributed by atoms with van der Waals surface area (Å²) in [5.74, 6) is 0.711. The fourth-order valence-corrected chi connectivity index (χ4v) is 7.78. The number of hydrogen-bond donors (Lipinski definition) is 0. The predicted molar refractivity (Wildman–Crippen MR) is 204 cm³/mol. The van der Waals surface area contributed by atoms with Crippen LogP contribution in [0, 0.1) is 0 Å². The molecule has 0 unspecified atom stereocenters. The second kappa shape index (κ2) is 10.8. The minimum atomic E-state index is -0.110. The molecule has 0 bridgehead atoms. The van der Waals surface area contributed by atoms with E-state index in [2.05, 4.69) is 141 Å². The molecule has 0 saturated heterocycles. The molecule has 4 heteroatoms. The van der Waals surface area contributed by atoms with Gasteiger partial charge in [-0.15, -0.1) is 0 Å². The van der Waals surface area contributed by atoms with Crippen LogP contribution in [0.15, 0.2) is 156 Å². The van der Waals surface area contributed by atoms with E-state index in [-0.39, 0.29) is 5.41 Å². The lowest BCUT2D eigenvalue weighted by Gasteiger charge is -2.21. The van der Waals surface area contributed by atoms with Crippen LogP contribution >= 0.6 is 0 Å². The van der Waals surface area contributed by atoms with E-state index < -0.39 is 0 Å². The molecular formula is C46H31N3O. The molecular weight excluding hydrogens is 611 g/mol. The molecule has 10 rings (SSSR count). The largest absolute Gasteiger partial charge is 0.438 e. The van der Waals surface area contributed by atoms with Crippen molar-refractivity contribution < 1.29 is 4.42 Å². The topological polar surface area (TPSA) is 51.8 Å². The van der Waals surface area contributed by atoms with Crippen LogP contribution in [0.5, 0.6) is 0 Å². The summed E-state index contributed by atoms with van der Waals surface area (Å²) < 4.78 is 6.26. The van der Waals surface area contributed by atoms with Crippen molar-refractivity contribution in [3.05, 3.63) is 163 Å². The van der Waals surface area contributed by atoms with Crippen LogP contribution in [0.2, 0.25) is 0 Å². The zero-order valence-electron chi connectivity index (χ0n) is 27.7.